The first-order valence-corrected chi connectivity index (χ1v) is 22.5. The molecule has 0 bridgehead atoms. The van der Waals surface area contributed by atoms with Crippen molar-refractivity contribution >= 4 is 11.0 Å². The summed E-state index contributed by atoms with van der Waals surface area (Å²) < 4.78 is 2.26. The van der Waals surface area contributed by atoms with Crippen LogP contribution in [0.2, 0.25) is 0 Å². The maximum Gasteiger partial charge on any atom is 0.148 e. The van der Waals surface area contributed by atoms with Crippen molar-refractivity contribution in [2.24, 2.45) is 5.92 Å². The van der Waals surface area contributed by atoms with Crippen molar-refractivity contribution in [2.75, 3.05) is 0 Å². The van der Waals surface area contributed by atoms with Crippen LogP contribution >= 0.6 is 0 Å². The molecule has 0 aliphatic carbocycles. The number of pyridine rings is 1. The fourth-order valence-corrected chi connectivity index (χ4v) is 8.83. The molecule has 0 saturated carbocycles. The fraction of sp³-hybridized carbons (Fsp3) is 0.200. The van der Waals surface area contributed by atoms with E-state index < -0.39 is 0 Å². The minimum Gasteiger partial charge on any atom is -0.507 e. The van der Waals surface area contributed by atoms with E-state index in [0.29, 0.717) is 17.3 Å². The van der Waals surface area contributed by atoms with Crippen LogP contribution in [-0.2, 0) is 38.3 Å². The summed E-state index contributed by atoms with van der Waals surface area (Å²) in [5.74, 6) is 1.39. The van der Waals surface area contributed by atoms with E-state index in [1.165, 1.54) is 16.7 Å². The monoisotopic (exact) mass is 1030 g/mol. The van der Waals surface area contributed by atoms with Crippen LogP contribution < -0.4 is 0 Å². The first kappa shape index (κ1) is 45.2. The van der Waals surface area contributed by atoms with Crippen molar-refractivity contribution in [1.82, 2.24) is 14.5 Å². The predicted octanol–water partition coefficient (Wildman–Crippen LogP) is 15.7. The van der Waals surface area contributed by atoms with Crippen LogP contribution in [0, 0.1) is 12.0 Å². The quantitative estimate of drug-likeness (QED) is 0.147. The summed E-state index contributed by atoms with van der Waals surface area (Å²) in [6.07, 6.45) is 2.80. The van der Waals surface area contributed by atoms with E-state index in [-0.39, 0.29) is 37.6 Å². The van der Waals surface area contributed by atoms with Crippen LogP contribution in [0.25, 0.3) is 83.9 Å². The first-order chi connectivity index (χ1) is 30.7. The molecule has 0 amide bonds. The van der Waals surface area contributed by atoms with Crippen molar-refractivity contribution in [2.45, 2.75) is 72.6 Å². The zero-order valence-electron chi connectivity index (χ0n) is 38.6. The largest absolute Gasteiger partial charge is 0.507 e. The minimum absolute atomic E-state index is 0. The Labute approximate surface area is 399 Å². The Hall–Kier alpha value is -6.35. The molecule has 0 atom stereocenters. The molecule has 0 aliphatic rings. The van der Waals surface area contributed by atoms with Gasteiger partial charge in [-0.3, -0.25) is 9.55 Å². The number of fused-ring (bicyclic) bond motifs is 1. The maximum absolute atomic E-state index is 12.5. The van der Waals surface area contributed by atoms with Gasteiger partial charge < -0.3 is 5.11 Å². The molecule has 0 fully saturated rings. The van der Waals surface area contributed by atoms with Crippen molar-refractivity contribution in [3.05, 3.63) is 193 Å². The number of aromatic hydroxyl groups is 1. The van der Waals surface area contributed by atoms with Crippen LogP contribution in [-0.4, -0.2) is 19.6 Å². The zero-order valence-corrected chi connectivity index (χ0v) is 40.8. The zero-order chi connectivity index (χ0) is 44.8. The van der Waals surface area contributed by atoms with Crippen LogP contribution in [0.15, 0.2) is 170 Å². The van der Waals surface area contributed by atoms with Gasteiger partial charge >= 0.3 is 0 Å². The van der Waals surface area contributed by atoms with Gasteiger partial charge in [0.25, 0.3) is 0 Å². The summed E-state index contributed by atoms with van der Waals surface area (Å²) in [5, 5.41) is 12.5. The van der Waals surface area contributed by atoms with E-state index in [1.54, 1.807) is 0 Å². The Morgan fingerprint density at radius 3 is 1.83 bits per heavy atom. The van der Waals surface area contributed by atoms with Crippen LogP contribution in [0.3, 0.4) is 0 Å². The number of aromatic nitrogens is 3. The third kappa shape index (κ3) is 9.29. The van der Waals surface area contributed by atoms with Gasteiger partial charge in [0.2, 0.25) is 0 Å². The second kappa shape index (κ2) is 18.3. The molecular weight excluding hydrogens is 974 g/mol. The molecular formula is C60H56N3OPt-. The summed E-state index contributed by atoms with van der Waals surface area (Å²) in [6, 6.07) is 61.6. The van der Waals surface area contributed by atoms with Gasteiger partial charge in [0.1, 0.15) is 11.6 Å². The van der Waals surface area contributed by atoms with Gasteiger partial charge in [-0.2, -0.15) is 0 Å². The summed E-state index contributed by atoms with van der Waals surface area (Å²) in [7, 11) is 0. The molecule has 4 nitrogen and oxygen atoms in total. The van der Waals surface area contributed by atoms with E-state index >= 15 is 0 Å². The number of hydrogen-bond acceptors (Lipinski definition) is 3. The number of phenols is 1. The number of imidazole rings is 1. The van der Waals surface area contributed by atoms with Gasteiger partial charge in [0, 0.05) is 44.2 Å². The Morgan fingerprint density at radius 1 is 0.569 bits per heavy atom. The third-order valence-corrected chi connectivity index (χ3v) is 12.2. The molecule has 0 radical (unpaired) electrons. The second-order valence-electron chi connectivity index (χ2n) is 19.5. The summed E-state index contributed by atoms with van der Waals surface area (Å²) in [4.78, 5) is 10.5. The molecule has 2 aromatic heterocycles. The molecule has 9 rings (SSSR count). The molecule has 328 valence electrons. The normalized spacial score (nSPS) is 11.8. The molecule has 9 aromatic rings. The molecule has 0 aliphatic heterocycles. The molecule has 5 heteroatoms. The van der Waals surface area contributed by atoms with Gasteiger partial charge in [-0.25, -0.2) is 4.98 Å². The van der Waals surface area contributed by atoms with Crippen LogP contribution in [0.5, 0.6) is 5.75 Å². The Kier molecular flexibility index (Phi) is 12.7. The van der Waals surface area contributed by atoms with Gasteiger partial charge in [0.05, 0.1) is 16.6 Å². The molecule has 0 spiro atoms. The molecule has 1 N–H and O–H groups in total. The Morgan fingerprint density at radius 2 is 1.20 bits per heavy atom. The predicted molar refractivity (Wildman–Crippen MR) is 268 cm³/mol. The van der Waals surface area contributed by atoms with E-state index in [1.807, 2.05) is 18.3 Å². The average molecular weight is 1030 g/mol. The van der Waals surface area contributed by atoms with Crippen molar-refractivity contribution in [3.8, 4) is 78.6 Å². The maximum atomic E-state index is 12.5. The number of hydrogen-bond donors (Lipinski definition) is 1. The number of benzene rings is 7. The van der Waals surface area contributed by atoms with Crippen LogP contribution in [0.4, 0.5) is 0 Å². The second-order valence-corrected chi connectivity index (χ2v) is 19.5. The van der Waals surface area contributed by atoms with E-state index in [0.717, 1.165) is 78.9 Å². The molecule has 0 saturated heterocycles. The summed E-state index contributed by atoms with van der Waals surface area (Å²) in [6.45, 7) is 17.7. The Balaban J connectivity index is 0.00000576. The molecule has 2 heterocycles. The number of rotatable bonds is 9. The minimum atomic E-state index is -0.320. The van der Waals surface area contributed by atoms with Crippen molar-refractivity contribution in [3.63, 3.8) is 0 Å². The van der Waals surface area contributed by atoms with Gasteiger partial charge in [0.15, 0.2) is 0 Å². The Bertz CT molecular complexity index is 3120. The molecule has 7 aromatic carbocycles. The SMILES string of the molecule is CC(C)Cc1cc(-n2c(-c3cc(C(C)(C)C)cc(C(C)(C)C)c3O)nc3c(-c4[c-]c(-c5cc(-c6ccccc6)ccn5)cc(-c5ccccc5)c4)cccc32)ccc1-c1ccccc1.[Pt]. The van der Waals surface area contributed by atoms with Crippen LogP contribution in [0.1, 0.15) is 72.1 Å². The van der Waals surface area contributed by atoms with E-state index in [9.17, 15) is 5.11 Å². The van der Waals surface area contributed by atoms with Gasteiger partial charge in [-0.15, -0.1) is 23.8 Å². The standard InChI is InChI=1S/C60H56N3O.Pt/c1-39(2)31-45-35-49(27-28-50(45)42-23-16-11-17-24-42)63-55-26-18-25-51(56(55)62-58(63)52-37-48(59(3,4)5)38-53(57(52)64)60(6,7)8)46-32-44(41-21-14-10-15-22-41)33-47(34-46)54-36-43(29-30-61-54)40-19-12-9-13-20-40;/h9-30,32-33,35-39,64H,31H2,1-8H3;/q-1;. The summed E-state index contributed by atoms with van der Waals surface area (Å²) >= 11 is 0. The third-order valence-electron chi connectivity index (χ3n) is 12.2. The topological polar surface area (TPSA) is 50.9 Å². The molecule has 0 unspecified atom stereocenters. The van der Waals surface area contributed by atoms with Crippen molar-refractivity contribution < 1.29 is 26.2 Å². The molecule has 65 heavy (non-hydrogen) atoms. The van der Waals surface area contributed by atoms with Gasteiger partial charge in [-0.1, -0.05) is 193 Å². The van der Waals surface area contributed by atoms with E-state index in [4.69, 9.17) is 9.97 Å². The first-order valence-electron chi connectivity index (χ1n) is 22.5. The smallest absolute Gasteiger partial charge is 0.148 e. The number of para-hydroxylation sites is 1. The van der Waals surface area contributed by atoms with Crippen molar-refractivity contribution in [1.29, 1.82) is 0 Å². The average Bonchev–Trinajstić information content (AvgIpc) is 3.68. The van der Waals surface area contributed by atoms with E-state index in [2.05, 4.69) is 218 Å². The fourth-order valence-electron chi connectivity index (χ4n) is 8.83. The number of phenolic OH excluding ortho intramolecular Hbond substituents is 1. The number of nitrogens with zero attached hydrogens (tertiary/aromatic N) is 3. The summed E-state index contributed by atoms with van der Waals surface area (Å²) in [5.41, 5.74) is 16.7. The van der Waals surface area contributed by atoms with Gasteiger partial charge in [-0.05, 0) is 92.4 Å².